The van der Waals surface area contributed by atoms with Gasteiger partial charge in [-0.2, -0.15) is 5.10 Å². The lowest BCUT2D eigenvalue weighted by atomic mass is 10.0. The molecule has 1 fully saturated rings. The van der Waals surface area contributed by atoms with E-state index in [9.17, 15) is 0 Å². The number of hydrogen-bond acceptors (Lipinski definition) is 6. The number of nitrogens with one attached hydrogen (secondary N) is 3. The average Bonchev–Trinajstić information content (AvgIpc) is 3.74. The molecule has 1 aromatic carbocycles. The molecule has 1 aliphatic carbocycles. The van der Waals surface area contributed by atoms with Crippen LogP contribution in [0.4, 0.5) is 4.39 Å². The van der Waals surface area contributed by atoms with E-state index in [4.69, 9.17) is 4.42 Å². The number of pyridine rings is 2. The Bertz CT molecular complexity index is 1730. The number of aromatic nitrogens is 6. The molecule has 0 atom stereocenters. The summed E-state index contributed by atoms with van der Waals surface area (Å²) < 4.78 is 20.5. The van der Waals surface area contributed by atoms with E-state index in [1.54, 1.807) is 24.9 Å². The molecule has 0 aliphatic heterocycles. The van der Waals surface area contributed by atoms with Gasteiger partial charge in [0.25, 0.3) is 0 Å². The highest BCUT2D eigenvalue weighted by molar-refractivity contribution is 5.97. The van der Waals surface area contributed by atoms with Crippen LogP contribution in [0, 0.1) is 11.7 Å². The number of H-pyrrole nitrogens is 2. The molecule has 1 saturated carbocycles. The zero-order chi connectivity index (χ0) is 25.5. The summed E-state index contributed by atoms with van der Waals surface area (Å²) in [5.41, 5.74) is 6.62. The number of benzene rings is 1. The van der Waals surface area contributed by atoms with Crippen LogP contribution in [-0.4, -0.2) is 36.7 Å². The molecule has 0 unspecified atom stereocenters. The first-order valence-electron chi connectivity index (χ1n) is 12.9. The summed E-state index contributed by atoms with van der Waals surface area (Å²) in [6.45, 7) is 1.72. The van der Waals surface area contributed by atoms with Gasteiger partial charge in [-0.25, -0.2) is 14.4 Å². The molecular formula is C29H26FN7O. The third-order valence-corrected chi connectivity index (χ3v) is 7.44. The number of hydrogen-bond donors (Lipinski definition) is 3. The molecule has 0 radical (unpaired) electrons. The lowest BCUT2D eigenvalue weighted by Crippen LogP contribution is -2.20. The summed E-state index contributed by atoms with van der Waals surface area (Å²) in [7, 11) is 0. The highest BCUT2D eigenvalue weighted by Crippen LogP contribution is 2.34. The number of imidazole rings is 1. The third-order valence-electron chi connectivity index (χ3n) is 7.44. The molecule has 8 nitrogen and oxygen atoms in total. The summed E-state index contributed by atoms with van der Waals surface area (Å²) in [5.74, 6) is 0.976. The second-order valence-corrected chi connectivity index (χ2v) is 9.97. The first-order chi connectivity index (χ1) is 18.7. The minimum Gasteiger partial charge on any atom is -0.472 e. The Morgan fingerprint density at radius 3 is 2.84 bits per heavy atom. The van der Waals surface area contributed by atoms with E-state index in [1.807, 2.05) is 30.5 Å². The van der Waals surface area contributed by atoms with Crippen molar-refractivity contribution >= 4 is 22.1 Å². The van der Waals surface area contributed by atoms with Crippen molar-refractivity contribution in [1.82, 2.24) is 35.5 Å². The van der Waals surface area contributed by atoms with Gasteiger partial charge in [-0.1, -0.05) is 12.8 Å². The molecule has 7 rings (SSSR count). The molecule has 38 heavy (non-hydrogen) atoms. The summed E-state index contributed by atoms with van der Waals surface area (Å²) in [4.78, 5) is 16.9. The van der Waals surface area contributed by atoms with Crippen molar-refractivity contribution in [2.24, 2.45) is 5.92 Å². The van der Waals surface area contributed by atoms with E-state index in [0.717, 1.165) is 45.6 Å². The van der Waals surface area contributed by atoms with E-state index in [2.05, 4.69) is 35.5 Å². The van der Waals surface area contributed by atoms with Gasteiger partial charge in [-0.05, 0) is 55.1 Å². The normalized spacial score (nSPS) is 14.2. The van der Waals surface area contributed by atoms with Gasteiger partial charge in [-0.3, -0.25) is 10.1 Å². The van der Waals surface area contributed by atoms with Crippen molar-refractivity contribution in [3.63, 3.8) is 0 Å². The minimum absolute atomic E-state index is 0.334. The van der Waals surface area contributed by atoms with E-state index >= 15 is 4.39 Å². The smallest absolute Gasteiger partial charge is 0.178 e. The maximum atomic E-state index is 15.2. The van der Waals surface area contributed by atoms with E-state index in [0.29, 0.717) is 34.8 Å². The second kappa shape index (κ2) is 9.50. The Labute approximate surface area is 217 Å². The van der Waals surface area contributed by atoms with E-state index in [1.165, 1.54) is 31.7 Å². The molecule has 190 valence electrons. The van der Waals surface area contributed by atoms with Crippen LogP contribution in [0.3, 0.4) is 0 Å². The Morgan fingerprint density at radius 2 is 1.97 bits per heavy atom. The summed E-state index contributed by atoms with van der Waals surface area (Å²) in [5, 5.41) is 11.7. The Kier molecular flexibility index (Phi) is 5.70. The largest absolute Gasteiger partial charge is 0.472 e. The summed E-state index contributed by atoms with van der Waals surface area (Å²) in [6.07, 6.45) is 13.8. The van der Waals surface area contributed by atoms with Gasteiger partial charge < -0.3 is 14.7 Å². The van der Waals surface area contributed by atoms with Crippen molar-refractivity contribution in [3.05, 3.63) is 72.8 Å². The van der Waals surface area contributed by atoms with Gasteiger partial charge in [0.2, 0.25) is 0 Å². The quantitative estimate of drug-likeness (QED) is 0.236. The van der Waals surface area contributed by atoms with Crippen molar-refractivity contribution in [1.29, 1.82) is 0 Å². The topological polar surface area (TPSA) is 108 Å². The predicted molar refractivity (Wildman–Crippen MR) is 144 cm³/mol. The fourth-order valence-electron chi connectivity index (χ4n) is 5.49. The first-order valence-corrected chi connectivity index (χ1v) is 12.9. The molecule has 5 heterocycles. The van der Waals surface area contributed by atoms with Crippen LogP contribution in [-0.2, 0) is 6.54 Å². The molecule has 9 heteroatoms. The number of rotatable bonds is 7. The van der Waals surface area contributed by atoms with Gasteiger partial charge in [0, 0.05) is 58.8 Å². The molecule has 0 spiro atoms. The molecule has 0 amide bonds. The fourth-order valence-corrected chi connectivity index (χ4v) is 5.49. The molecular weight excluding hydrogens is 481 g/mol. The van der Waals surface area contributed by atoms with Crippen LogP contribution in [0.5, 0.6) is 0 Å². The highest BCUT2D eigenvalue weighted by atomic mass is 19.1. The van der Waals surface area contributed by atoms with Crippen molar-refractivity contribution in [2.45, 2.75) is 32.2 Å². The molecule has 1 aliphatic rings. The van der Waals surface area contributed by atoms with E-state index < -0.39 is 0 Å². The number of halogens is 1. The van der Waals surface area contributed by atoms with Crippen LogP contribution >= 0.6 is 0 Å². The summed E-state index contributed by atoms with van der Waals surface area (Å²) in [6, 6.07) is 9.09. The lowest BCUT2D eigenvalue weighted by molar-refractivity contribution is 0.489. The SMILES string of the molecule is Fc1cc2[nH]nc(-c3nc4nccc(-c5ccoc5)c4[nH]3)c2cc1-c1cncc(CNCC2CCCC2)c1. The van der Waals surface area contributed by atoms with Crippen molar-refractivity contribution in [2.75, 3.05) is 6.54 Å². The Hall–Kier alpha value is -4.37. The number of nitrogens with zero attached hydrogens (tertiary/aromatic N) is 4. The third kappa shape index (κ3) is 4.14. The standard InChI is InChI=1S/C29H26FN7O/c30-24-11-25-23(10-22(24)20-9-18(14-32-15-20)13-31-12-17-3-1-2-4-17)27(37-36-25)29-34-26-21(19-6-8-38-16-19)5-7-33-28(26)35-29/h5-11,14-17,31H,1-4,12-13H2,(H,36,37)(H,33,34,35). The fraction of sp³-hybridized carbons (Fsp3) is 0.241. The predicted octanol–water partition coefficient (Wildman–Crippen LogP) is 6.24. The zero-order valence-electron chi connectivity index (χ0n) is 20.7. The zero-order valence-corrected chi connectivity index (χ0v) is 20.7. The van der Waals surface area contributed by atoms with Crippen LogP contribution < -0.4 is 5.32 Å². The lowest BCUT2D eigenvalue weighted by Gasteiger charge is -2.11. The van der Waals surface area contributed by atoms with Gasteiger partial charge in [0.15, 0.2) is 11.5 Å². The molecule has 6 aromatic rings. The van der Waals surface area contributed by atoms with Crippen LogP contribution in [0.15, 0.2) is 65.9 Å². The Balaban J connectivity index is 1.23. The summed E-state index contributed by atoms with van der Waals surface area (Å²) >= 11 is 0. The van der Waals surface area contributed by atoms with E-state index in [-0.39, 0.29) is 5.82 Å². The van der Waals surface area contributed by atoms with Crippen molar-refractivity contribution in [3.8, 4) is 33.8 Å². The van der Waals surface area contributed by atoms with Crippen LogP contribution in [0.25, 0.3) is 55.8 Å². The Morgan fingerprint density at radius 1 is 1.05 bits per heavy atom. The van der Waals surface area contributed by atoms with Gasteiger partial charge in [0.05, 0.1) is 23.6 Å². The number of aromatic amines is 2. The highest BCUT2D eigenvalue weighted by Gasteiger charge is 2.19. The maximum absolute atomic E-state index is 15.2. The second-order valence-electron chi connectivity index (χ2n) is 9.97. The molecule has 0 bridgehead atoms. The maximum Gasteiger partial charge on any atom is 0.178 e. The van der Waals surface area contributed by atoms with Gasteiger partial charge >= 0.3 is 0 Å². The first kappa shape index (κ1) is 22.8. The van der Waals surface area contributed by atoms with Crippen molar-refractivity contribution < 1.29 is 8.81 Å². The molecule has 5 aromatic heterocycles. The minimum atomic E-state index is -0.334. The van der Waals surface area contributed by atoms with Crippen LogP contribution in [0.2, 0.25) is 0 Å². The monoisotopic (exact) mass is 507 g/mol. The molecule has 3 N–H and O–H groups in total. The number of furan rings is 1. The average molecular weight is 508 g/mol. The molecule has 0 saturated heterocycles. The van der Waals surface area contributed by atoms with Crippen LogP contribution in [0.1, 0.15) is 31.2 Å². The number of fused-ring (bicyclic) bond motifs is 2. The van der Waals surface area contributed by atoms with Gasteiger partial charge in [-0.15, -0.1) is 0 Å². The van der Waals surface area contributed by atoms with Gasteiger partial charge in [0.1, 0.15) is 11.5 Å².